The fourth-order valence-corrected chi connectivity index (χ4v) is 8.94. The van der Waals surface area contributed by atoms with Crippen molar-refractivity contribution in [1.82, 2.24) is 14.5 Å². The number of hydrogen-bond donors (Lipinski definition) is 0. The minimum absolute atomic E-state index is 0. The van der Waals surface area contributed by atoms with E-state index < -0.39 is 0 Å². The van der Waals surface area contributed by atoms with Crippen molar-refractivity contribution in [2.45, 2.75) is 27.7 Å². The van der Waals surface area contributed by atoms with Gasteiger partial charge in [0.25, 0.3) is 0 Å². The average molecular weight is 1300 g/mol. The zero-order chi connectivity index (χ0) is 47.6. The Morgan fingerprint density at radius 2 is 0.681 bits per heavy atom. The molecule has 0 fully saturated rings. The number of aryl methyl sites for hydroxylation is 4. The van der Waals surface area contributed by atoms with E-state index in [1.54, 1.807) is 0 Å². The van der Waals surface area contributed by atoms with Gasteiger partial charge < -0.3 is 60.8 Å². The molecule has 8 aromatic rings. The van der Waals surface area contributed by atoms with Crippen molar-refractivity contribution in [2.24, 2.45) is 0 Å². The van der Waals surface area contributed by atoms with Crippen LogP contribution in [-0.4, -0.2) is 28.6 Å². The van der Waals surface area contributed by atoms with Crippen LogP contribution in [-0.2, 0) is 42.1 Å². The van der Waals surface area contributed by atoms with Crippen LogP contribution in [0.1, 0.15) is 22.3 Å². The molecule has 14 heteroatoms. The number of hydrogen-bond acceptors (Lipinski definition) is 11. The van der Waals surface area contributed by atoms with Gasteiger partial charge in [-0.1, -0.05) is 83.2 Å². The second-order valence-electron chi connectivity index (χ2n) is 18.1. The Balaban J connectivity index is 0.00000298. The maximum atomic E-state index is 5.01. The molecule has 7 heterocycles. The minimum Gasteiger partial charge on any atom is -0.518 e. The van der Waals surface area contributed by atoms with Gasteiger partial charge in [-0.3, -0.25) is 9.97 Å². The summed E-state index contributed by atoms with van der Waals surface area (Å²) >= 11 is 0. The van der Waals surface area contributed by atoms with E-state index in [9.17, 15) is 0 Å². The Morgan fingerprint density at radius 1 is 0.389 bits per heavy atom. The molecule has 0 spiro atoms. The van der Waals surface area contributed by atoms with Gasteiger partial charge in [-0.05, 0) is 140 Å². The topological polar surface area (TPSA) is 59.9 Å². The molecular weight excluding hydrogens is 1250 g/mol. The van der Waals surface area contributed by atoms with Crippen molar-refractivity contribution >= 4 is 73.3 Å². The molecule has 0 saturated carbocycles. The van der Waals surface area contributed by atoms with Crippen LogP contribution in [0.15, 0.2) is 159 Å². The number of benzene rings is 5. The predicted octanol–water partition coefficient (Wildman–Crippen LogP) is 11.7. The number of nitrogens with zero attached hydrogens (tertiary/aromatic N) is 12. The number of pyridine rings is 2. The molecular formula is C58H48N12Pt2. The molecule has 5 aromatic carbocycles. The molecule has 4 aliphatic heterocycles. The molecule has 0 amide bonds. The first kappa shape index (κ1) is 48.4. The Kier molecular flexibility index (Phi) is 13.3. The molecule has 0 aliphatic carbocycles. The summed E-state index contributed by atoms with van der Waals surface area (Å²) in [5.74, 6) is 1.25. The van der Waals surface area contributed by atoms with Crippen LogP contribution in [0.2, 0.25) is 0 Å². The molecule has 0 radical (unpaired) electrons. The van der Waals surface area contributed by atoms with Gasteiger partial charge in [0.15, 0.2) is 0 Å². The van der Waals surface area contributed by atoms with Gasteiger partial charge >= 0.3 is 42.1 Å². The zero-order valence-corrected chi connectivity index (χ0v) is 44.9. The third-order valence-corrected chi connectivity index (χ3v) is 12.8. The first-order valence-corrected chi connectivity index (χ1v) is 23.1. The fourth-order valence-electron chi connectivity index (χ4n) is 8.94. The van der Waals surface area contributed by atoms with Crippen molar-refractivity contribution in [3.8, 4) is 5.69 Å². The normalized spacial score (nSPS) is 15.0. The smallest absolute Gasteiger partial charge is 0.518 e. The predicted molar refractivity (Wildman–Crippen MR) is 284 cm³/mol. The second kappa shape index (κ2) is 19.7. The maximum Gasteiger partial charge on any atom is 4.00 e. The fraction of sp³-hybridized carbons (Fsp3) is 0.103. The summed E-state index contributed by atoms with van der Waals surface area (Å²) in [5, 5.41) is 1.74. The summed E-state index contributed by atoms with van der Waals surface area (Å²) in [7, 11) is 4.13. The van der Waals surface area contributed by atoms with Crippen molar-refractivity contribution in [1.29, 1.82) is 0 Å². The monoisotopic (exact) mass is 1300 g/mol. The summed E-state index contributed by atoms with van der Waals surface area (Å²) in [6, 6.07) is 49.3. The van der Waals surface area contributed by atoms with Gasteiger partial charge in [0.05, 0.1) is 0 Å². The third kappa shape index (κ3) is 9.03. The van der Waals surface area contributed by atoms with Gasteiger partial charge in [-0.2, -0.15) is 17.8 Å². The van der Waals surface area contributed by atoms with Crippen LogP contribution in [0, 0.1) is 78.6 Å². The number of rotatable bonds is 10. The van der Waals surface area contributed by atoms with Crippen molar-refractivity contribution in [2.75, 3.05) is 58.2 Å². The number of aromatic nitrogens is 3. The van der Waals surface area contributed by atoms with Gasteiger partial charge in [0.1, 0.15) is 0 Å². The van der Waals surface area contributed by atoms with Crippen molar-refractivity contribution < 1.29 is 42.1 Å². The first-order chi connectivity index (χ1) is 34.1. The molecule has 3 aromatic heterocycles. The van der Waals surface area contributed by atoms with E-state index in [0.717, 1.165) is 61.6 Å². The van der Waals surface area contributed by atoms with Crippen LogP contribution in [0.3, 0.4) is 0 Å². The first-order valence-electron chi connectivity index (χ1n) is 23.1. The average Bonchev–Trinajstić information content (AvgIpc) is 4.25. The van der Waals surface area contributed by atoms with Crippen LogP contribution in [0.25, 0.3) is 27.5 Å². The van der Waals surface area contributed by atoms with E-state index in [1.807, 2.05) is 60.3 Å². The molecule has 0 atom stereocenters. The summed E-state index contributed by atoms with van der Waals surface area (Å²) in [5.41, 5.74) is 13.8. The van der Waals surface area contributed by atoms with E-state index in [4.69, 9.17) is 9.97 Å². The molecule has 12 rings (SSSR count). The molecule has 4 aliphatic rings. The number of fused-ring (bicyclic) bond motifs is 3. The van der Waals surface area contributed by atoms with E-state index >= 15 is 0 Å². The van der Waals surface area contributed by atoms with E-state index in [1.165, 1.54) is 22.3 Å². The van der Waals surface area contributed by atoms with Gasteiger partial charge in [-0.15, -0.1) is 37.7 Å². The summed E-state index contributed by atoms with van der Waals surface area (Å²) in [6.07, 6.45) is 20.2. The SMILES string of the molecule is Cc1ccc(N2C=CN(c3[c-]c4c(cn3)c3cnc(N5C=CN(c6ccc(C)cc6)[CH-]5)[c-]c3n4-c3[c-]c(N4C=CN(c5ccc(C)cc5)[CH-]4)c(N(C)C)c(N4C=CN(c5ccc(C)cc5)[CH-]4)[c-]3)[CH-]2)cc1.[Pt+4].[Pt+4]. The van der Waals surface area contributed by atoms with Crippen molar-refractivity contribution in [3.63, 3.8) is 0 Å². The van der Waals surface area contributed by atoms with Crippen LogP contribution in [0.4, 0.5) is 51.4 Å². The van der Waals surface area contributed by atoms with Crippen LogP contribution < -0.4 is 44.1 Å². The second-order valence-corrected chi connectivity index (χ2v) is 18.1. The van der Waals surface area contributed by atoms with Gasteiger partial charge in [0, 0.05) is 34.4 Å². The largest absolute Gasteiger partial charge is 4.00 e. The van der Waals surface area contributed by atoms with E-state index in [2.05, 4.69) is 240 Å². The van der Waals surface area contributed by atoms with Gasteiger partial charge in [-0.25, -0.2) is 27.8 Å². The van der Waals surface area contributed by atoms with Gasteiger partial charge in [0.2, 0.25) is 0 Å². The minimum atomic E-state index is 0. The quantitative estimate of drug-likeness (QED) is 0.123. The van der Waals surface area contributed by atoms with Crippen molar-refractivity contribution in [3.05, 3.63) is 232 Å². The Hall–Kier alpha value is -7.26. The molecule has 0 bridgehead atoms. The third-order valence-electron chi connectivity index (χ3n) is 12.8. The zero-order valence-electron chi connectivity index (χ0n) is 40.3. The Morgan fingerprint density at radius 3 is 1.00 bits per heavy atom. The summed E-state index contributed by atoms with van der Waals surface area (Å²) < 4.78 is 2.15. The van der Waals surface area contributed by atoms with E-state index in [0.29, 0.717) is 17.3 Å². The maximum absolute atomic E-state index is 5.01. The molecule has 0 unspecified atom stereocenters. The standard InChI is InChI=1S/C58H48N12.2Pt/c1-41-7-15-45(16-8-41)62-23-27-66(37-62)54-31-49(32-55(58(54)61(5)6)67-28-24-63(38-67)46-17-9-42(2)10-18-46)70-52-33-56(68-29-25-64(39-68)47-19-11-43(3)12-20-47)59-35-50(52)51-36-60-57(34-53(51)70)69-30-26-65(40-69)48-21-13-44(4)14-22-48;;/h7-30,35-40H,1-6H3;;/q-8;2*+4. The number of anilines is 9. The molecule has 72 heavy (non-hydrogen) atoms. The van der Waals surface area contributed by atoms with E-state index in [-0.39, 0.29) is 42.1 Å². The summed E-state index contributed by atoms with van der Waals surface area (Å²) in [4.78, 5) is 28.8. The molecule has 360 valence electrons. The summed E-state index contributed by atoms with van der Waals surface area (Å²) in [6.45, 7) is 16.6. The molecule has 0 N–H and O–H groups in total. The van der Waals surface area contributed by atoms with Crippen LogP contribution >= 0.6 is 0 Å². The Bertz CT molecular complexity index is 3180. The molecule has 0 saturated heterocycles. The van der Waals surface area contributed by atoms with Crippen LogP contribution in [0.5, 0.6) is 0 Å². The molecule has 12 nitrogen and oxygen atoms in total. The Labute approximate surface area is 450 Å².